The zero-order valence-electron chi connectivity index (χ0n) is 40.7. The van der Waals surface area contributed by atoms with Crippen LogP contribution in [0.5, 0.6) is 23.0 Å². The van der Waals surface area contributed by atoms with Crippen molar-refractivity contribution in [2.45, 2.75) is 43.8 Å². The summed E-state index contributed by atoms with van der Waals surface area (Å²) in [5.74, 6) is -2.38. The quantitative estimate of drug-likeness (QED) is 0.0277. The summed E-state index contributed by atoms with van der Waals surface area (Å²) in [6.45, 7) is -0.515. The lowest BCUT2D eigenvalue weighted by atomic mass is 9.94. The maximum atomic E-state index is 15.4. The minimum Gasteiger partial charge on any atom is -0.488 e. The minimum atomic E-state index is -4.15. The number of carbonyl (C=O) groups is 4. The van der Waals surface area contributed by atoms with Gasteiger partial charge in [0, 0.05) is 0 Å². The van der Waals surface area contributed by atoms with Gasteiger partial charge in [-0.1, -0.05) is 158 Å². The molecular formula is C60H51NO13S. The van der Waals surface area contributed by atoms with Gasteiger partial charge in [0.2, 0.25) is 15.8 Å². The van der Waals surface area contributed by atoms with Crippen molar-refractivity contribution in [2.75, 3.05) is 13.7 Å². The molecule has 0 heterocycles. The molecule has 0 fully saturated rings. The molecule has 14 nitrogen and oxygen atoms in total. The Morgan fingerprint density at radius 3 is 1.47 bits per heavy atom. The standard InChI is InChI=1S/C60H51NO13S/c1-68-59(64)51-28-17-29-52(69-37-43-18-7-2-8-19-43)55(51)57(62)56-53(70-38-44-20-9-3-10-21-44)35-47(36-54(56)71-39-45-22-11-4-12-23-45)58(63)72-41-48(61-75(66,67)50-26-15-6-16-27-50)34-42-30-32-49(33-31-42)74-60(65)73-40-46-24-13-5-14-25-46/h2-33,35-36,48,61H,34,37-41H2,1H3/t48-/m0/s1. The smallest absolute Gasteiger partial charge is 0.488 e. The monoisotopic (exact) mass is 1030 g/mol. The molecule has 0 spiro atoms. The zero-order chi connectivity index (χ0) is 52.4. The molecule has 1 N–H and O–H groups in total. The molecule has 0 aliphatic carbocycles. The summed E-state index contributed by atoms with van der Waals surface area (Å²) >= 11 is 0. The lowest BCUT2D eigenvalue weighted by Crippen LogP contribution is -2.40. The molecule has 1 atom stereocenters. The number of hydrogen-bond acceptors (Lipinski definition) is 13. The highest BCUT2D eigenvalue weighted by Crippen LogP contribution is 2.38. The van der Waals surface area contributed by atoms with Gasteiger partial charge in [0.25, 0.3) is 0 Å². The van der Waals surface area contributed by atoms with Crippen LogP contribution in [0.15, 0.2) is 211 Å². The second-order valence-electron chi connectivity index (χ2n) is 16.9. The molecule has 0 amide bonds. The van der Waals surface area contributed by atoms with E-state index in [0.717, 1.165) is 22.3 Å². The topological polar surface area (TPSA) is 179 Å². The van der Waals surface area contributed by atoms with E-state index in [9.17, 15) is 22.8 Å². The predicted octanol–water partition coefficient (Wildman–Crippen LogP) is 10.9. The molecule has 0 aliphatic rings. The number of ether oxygens (including phenoxy) is 7. The summed E-state index contributed by atoms with van der Waals surface area (Å²) in [4.78, 5) is 55.8. The van der Waals surface area contributed by atoms with Gasteiger partial charge in [-0.2, -0.15) is 0 Å². The second-order valence-corrected chi connectivity index (χ2v) is 18.6. The van der Waals surface area contributed by atoms with Gasteiger partial charge in [-0.05, 0) is 82.8 Å². The summed E-state index contributed by atoms with van der Waals surface area (Å²) in [6.07, 6.45) is -0.883. The maximum Gasteiger partial charge on any atom is 0.514 e. The van der Waals surface area contributed by atoms with E-state index < -0.39 is 46.5 Å². The largest absolute Gasteiger partial charge is 0.514 e. The summed E-state index contributed by atoms with van der Waals surface area (Å²) < 4.78 is 71.0. The van der Waals surface area contributed by atoms with Crippen LogP contribution in [0.4, 0.5) is 4.79 Å². The van der Waals surface area contributed by atoms with Crippen LogP contribution in [0.1, 0.15) is 64.5 Å². The van der Waals surface area contributed by atoms with Gasteiger partial charge in [0.15, 0.2) is 0 Å². The number of methoxy groups -OCH3 is 1. The highest BCUT2D eigenvalue weighted by atomic mass is 32.2. The number of benzene rings is 8. The van der Waals surface area contributed by atoms with Crippen molar-refractivity contribution in [1.82, 2.24) is 4.72 Å². The van der Waals surface area contributed by atoms with E-state index in [4.69, 9.17) is 33.2 Å². The number of sulfonamides is 1. The lowest BCUT2D eigenvalue weighted by molar-refractivity contribution is 0.0472. The average Bonchev–Trinajstić information content (AvgIpc) is 3.45. The predicted molar refractivity (Wildman–Crippen MR) is 278 cm³/mol. The van der Waals surface area contributed by atoms with Crippen molar-refractivity contribution in [1.29, 1.82) is 0 Å². The first-order chi connectivity index (χ1) is 36.5. The summed E-state index contributed by atoms with van der Waals surface area (Å²) in [7, 11) is -2.95. The number of esters is 2. The van der Waals surface area contributed by atoms with Crippen molar-refractivity contribution in [3.8, 4) is 23.0 Å². The molecule has 15 heteroatoms. The van der Waals surface area contributed by atoms with E-state index in [0.29, 0.717) is 5.56 Å². The van der Waals surface area contributed by atoms with Gasteiger partial charge < -0.3 is 33.2 Å². The average molecular weight is 1030 g/mol. The number of carbonyl (C=O) groups excluding carboxylic acids is 4. The molecule has 8 aromatic rings. The first-order valence-corrected chi connectivity index (χ1v) is 25.2. The normalized spacial score (nSPS) is 11.4. The van der Waals surface area contributed by atoms with Gasteiger partial charge in [0.05, 0.1) is 34.7 Å². The number of rotatable bonds is 23. The lowest BCUT2D eigenvalue weighted by Gasteiger charge is -2.21. The van der Waals surface area contributed by atoms with Crippen LogP contribution in [-0.2, 0) is 57.1 Å². The second kappa shape index (κ2) is 25.6. The molecule has 0 radical (unpaired) electrons. The van der Waals surface area contributed by atoms with E-state index in [1.165, 1.54) is 49.6 Å². The minimum absolute atomic E-state index is 0.0119. The fourth-order valence-electron chi connectivity index (χ4n) is 7.76. The van der Waals surface area contributed by atoms with Crippen molar-refractivity contribution < 1.29 is 60.8 Å². The summed E-state index contributed by atoms with van der Waals surface area (Å²) in [6, 6.07) is 57.0. The van der Waals surface area contributed by atoms with E-state index in [1.54, 1.807) is 42.5 Å². The van der Waals surface area contributed by atoms with Crippen LogP contribution in [-0.4, -0.2) is 52.1 Å². The summed E-state index contributed by atoms with van der Waals surface area (Å²) in [5, 5.41) is 0. The number of nitrogens with one attached hydrogen (secondary N) is 1. The molecule has 0 saturated carbocycles. The molecule has 0 bridgehead atoms. The Kier molecular flexibility index (Phi) is 17.8. The Morgan fingerprint density at radius 1 is 0.480 bits per heavy atom. The Balaban J connectivity index is 1.12. The van der Waals surface area contributed by atoms with Crippen molar-refractivity contribution in [2.24, 2.45) is 0 Å². The van der Waals surface area contributed by atoms with Crippen LogP contribution in [0.25, 0.3) is 0 Å². The first-order valence-electron chi connectivity index (χ1n) is 23.7. The fraction of sp³-hybridized carbons (Fsp3) is 0.133. The van der Waals surface area contributed by atoms with Gasteiger partial charge in [0.1, 0.15) is 61.6 Å². The molecule has 8 rings (SSSR count). The Hall–Kier alpha value is -9.05. The van der Waals surface area contributed by atoms with Gasteiger partial charge in [-0.25, -0.2) is 27.5 Å². The van der Waals surface area contributed by atoms with Crippen LogP contribution < -0.4 is 23.7 Å². The van der Waals surface area contributed by atoms with Crippen molar-refractivity contribution >= 4 is 33.9 Å². The molecule has 75 heavy (non-hydrogen) atoms. The van der Waals surface area contributed by atoms with E-state index in [2.05, 4.69) is 4.72 Å². The molecule has 0 aromatic heterocycles. The number of ketones is 1. The zero-order valence-corrected chi connectivity index (χ0v) is 41.5. The highest BCUT2D eigenvalue weighted by Gasteiger charge is 2.31. The van der Waals surface area contributed by atoms with Crippen molar-refractivity contribution in [3.63, 3.8) is 0 Å². The number of hydrogen-bond donors (Lipinski definition) is 1. The van der Waals surface area contributed by atoms with Crippen LogP contribution in [0.2, 0.25) is 0 Å². The van der Waals surface area contributed by atoms with E-state index >= 15 is 4.79 Å². The third-order valence-corrected chi connectivity index (χ3v) is 13.0. The van der Waals surface area contributed by atoms with Crippen LogP contribution in [0.3, 0.4) is 0 Å². The molecule has 0 saturated heterocycles. The Morgan fingerprint density at radius 2 is 0.960 bits per heavy atom. The molecule has 0 aliphatic heterocycles. The summed E-state index contributed by atoms with van der Waals surface area (Å²) in [5.41, 5.74) is 3.18. The van der Waals surface area contributed by atoms with E-state index in [-0.39, 0.29) is 83.0 Å². The van der Waals surface area contributed by atoms with Gasteiger partial charge in [-0.3, -0.25) is 4.79 Å². The van der Waals surface area contributed by atoms with Crippen molar-refractivity contribution in [3.05, 3.63) is 256 Å². The molecular weight excluding hydrogens is 975 g/mol. The molecule has 0 unspecified atom stereocenters. The highest BCUT2D eigenvalue weighted by molar-refractivity contribution is 7.89. The van der Waals surface area contributed by atoms with E-state index in [1.807, 2.05) is 121 Å². The Bertz CT molecular complexity index is 3240. The molecule has 380 valence electrons. The SMILES string of the molecule is COC(=O)c1cccc(OCc2ccccc2)c1C(=O)c1c(OCc2ccccc2)cc(C(=O)OC[C@H](Cc2ccc(OC(=O)OCc3ccccc3)cc2)NS(=O)(=O)c2ccccc2)cc1OCc1ccccc1. The fourth-order valence-corrected chi connectivity index (χ4v) is 9.00. The Labute approximate surface area is 434 Å². The van der Waals surface area contributed by atoms with Gasteiger partial charge in [-0.15, -0.1) is 0 Å². The third kappa shape index (κ3) is 14.6. The first kappa shape index (κ1) is 52.3. The third-order valence-electron chi connectivity index (χ3n) is 11.5. The van der Waals surface area contributed by atoms with Crippen LogP contribution in [0, 0.1) is 0 Å². The maximum absolute atomic E-state index is 15.4. The van der Waals surface area contributed by atoms with Gasteiger partial charge >= 0.3 is 18.1 Å². The molecule has 8 aromatic carbocycles. The van der Waals surface area contributed by atoms with Crippen LogP contribution >= 0.6 is 0 Å².